The van der Waals surface area contributed by atoms with Crippen molar-refractivity contribution >= 4 is 28.1 Å². The first-order chi connectivity index (χ1) is 11.6. The molecule has 0 fully saturated rings. The Morgan fingerprint density at radius 1 is 1.42 bits per heavy atom. The molecule has 0 unspecified atom stereocenters. The molecular weight excluding hydrogens is 318 g/mol. The molecule has 0 radical (unpaired) electrons. The summed E-state index contributed by atoms with van der Waals surface area (Å²) in [6.45, 7) is 5.16. The maximum atomic E-state index is 12.9. The summed E-state index contributed by atoms with van der Waals surface area (Å²) in [4.78, 5) is 22.8. The highest BCUT2D eigenvalue weighted by Crippen LogP contribution is 2.38. The van der Waals surface area contributed by atoms with Crippen LogP contribution in [0, 0.1) is 5.92 Å². The fraction of sp³-hybridized carbons (Fsp3) is 0.368. The number of H-pyrrole nitrogens is 1. The number of benzene rings is 1. The Morgan fingerprint density at radius 2 is 2.25 bits per heavy atom. The van der Waals surface area contributed by atoms with Gasteiger partial charge in [-0.3, -0.25) is 4.79 Å². The summed E-state index contributed by atoms with van der Waals surface area (Å²) in [5.41, 5.74) is 6.41. The SMILES string of the molecule is CC(C)[C@@H]1c2[nH]c3ccccc3c2CCN1C(=O)Cc1cscn1. The van der Waals surface area contributed by atoms with E-state index >= 15 is 0 Å². The van der Waals surface area contributed by atoms with Gasteiger partial charge in [-0.15, -0.1) is 11.3 Å². The van der Waals surface area contributed by atoms with Gasteiger partial charge in [0, 0.05) is 28.5 Å². The van der Waals surface area contributed by atoms with Gasteiger partial charge in [0.2, 0.25) is 5.91 Å². The zero-order valence-electron chi connectivity index (χ0n) is 14.0. The monoisotopic (exact) mass is 339 g/mol. The minimum absolute atomic E-state index is 0.104. The first kappa shape index (κ1) is 15.4. The van der Waals surface area contributed by atoms with Crippen LogP contribution < -0.4 is 0 Å². The van der Waals surface area contributed by atoms with E-state index < -0.39 is 0 Å². The molecular formula is C19H21N3OS. The Hall–Kier alpha value is -2.14. The molecule has 4 nitrogen and oxygen atoms in total. The number of aromatic nitrogens is 2. The van der Waals surface area contributed by atoms with Crippen LogP contribution in [-0.2, 0) is 17.6 Å². The first-order valence-corrected chi connectivity index (χ1v) is 9.35. The van der Waals surface area contributed by atoms with Crippen molar-refractivity contribution in [1.29, 1.82) is 0 Å². The van der Waals surface area contributed by atoms with E-state index in [0.29, 0.717) is 12.3 Å². The fourth-order valence-corrected chi connectivity index (χ4v) is 4.38. The predicted octanol–water partition coefficient (Wildman–Crippen LogP) is 3.95. The summed E-state index contributed by atoms with van der Waals surface area (Å²) in [7, 11) is 0. The van der Waals surface area contributed by atoms with E-state index in [9.17, 15) is 4.79 Å². The highest BCUT2D eigenvalue weighted by atomic mass is 32.1. The summed E-state index contributed by atoms with van der Waals surface area (Å²) < 4.78 is 0. The van der Waals surface area contributed by atoms with E-state index in [4.69, 9.17) is 0 Å². The molecule has 1 aromatic carbocycles. The van der Waals surface area contributed by atoms with Crippen LogP contribution in [0.25, 0.3) is 10.9 Å². The van der Waals surface area contributed by atoms with Crippen LogP contribution in [-0.4, -0.2) is 27.3 Å². The lowest BCUT2D eigenvalue weighted by Crippen LogP contribution is -2.43. The molecule has 1 amide bonds. The molecule has 0 spiro atoms. The van der Waals surface area contributed by atoms with Gasteiger partial charge in [-0.25, -0.2) is 4.98 Å². The van der Waals surface area contributed by atoms with Crippen molar-refractivity contribution in [3.63, 3.8) is 0 Å². The van der Waals surface area contributed by atoms with E-state index in [1.807, 2.05) is 10.3 Å². The standard InChI is InChI=1S/C19H21N3OS/c1-12(2)19-18-15(14-5-3-4-6-16(14)21-18)7-8-22(19)17(23)9-13-10-24-11-20-13/h3-6,10-12,19,21H,7-9H2,1-2H3/t19-/m1/s1. The highest BCUT2D eigenvalue weighted by Gasteiger charge is 2.35. The van der Waals surface area contributed by atoms with Gasteiger partial charge in [0.25, 0.3) is 0 Å². The second kappa shape index (κ2) is 6.06. The van der Waals surface area contributed by atoms with Gasteiger partial charge in [0.15, 0.2) is 0 Å². The first-order valence-electron chi connectivity index (χ1n) is 8.41. The van der Waals surface area contributed by atoms with E-state index in [0.717, 1.165) is 18.7 Å². The van der Waals surface area contributed by atoms with Gasteiger partial charge < -0.3 is 9.88 Å². The molecule has 1 atom stereocenters. The van der Waals surface area contributed by atoms with E-state index in [1.54, 1.807) is 5.51 Å². The second-order valence-corrected chi connectivity index (χ2v) is 7.46. The van der Waals surface area contributed by atoms with E-state index in [-0.39, 0.29) is 11.9 Å². The van der Waals surface area contributed by atoms with Crippen LogP contribution in [0.5, 0.6) is 0 Å². The third-order valence-electron chi connectivity index (χ3n) is 4.85. The normalized spacial score (nSPS) is 17.5. The number of fused-ring (bicyclic) bond motifs is 3. The Bertz CT molecular complexity index is 866. The van der Waals surface area contributed by atoms with Crippen molar-refractivity contribution in [3.8, 4) is 0 Å². The minimum atomic E-state index is 0.104. The van der Waals surface area contributed by atoms with Crippen molar-refractivity contribution in [1.82, 2.24) is 14.9 Å². The van der Waals surface area contributed by atoms with Gasteiger partial charge >= 0.3 is 0 Å². The maximum Gasteiger partial charge on any atom is 0.229 e. The predicted molar refractivity (Wildman–Crippen MR) is 97.1 cm³/mol. The number of nitrogens with one attached hydrogen (secondary N) is 1. The number of rotatable bonds is 3. The molecule has 0 bridgehead atoms. The third kappa shape index (κ3) is 2.53. The molecule has 1 aliphatic rings. The zero-order chi connectivity index (χ0) is 16.7. The lowest BCUT2D eigenvalue weighted by atomic mass is 9.90. The number of para-hydroxylation sites is 1. The van der Waals surface area contributed by atoms with Gasteiger partial charge in [-0.2, -0.15) is 0 Å². The number of carbonyl (C=O) groups is 1. The van der Waals surface area contributed by atoms with Crippen LogP contribution in [0.3, 0.4) is 0 Å². The fourth-order valence-electron chi connectivity index (χ4n) is 3.82. The van der Waals surface area contributed by atoms with Crippen LogP contribution >= 0.6 is 11.3 Å². The van der Waals surface area contributed by atoms with E-state index in [2.05, 4.69) is 48.1 Å². The van der Waals surface area contributed by atoms with Crippen LogP contribution in [0.2, 0.25) is 0 Å². The number of hydrogen-bond acceptors (Lipinski definition) is 3. The lowest BCUT2D eigenvalue weighted by molar-refractivity contribution is -0.134. The summed E-state index contributed by atoms with van der Waals surface area (Å²) in [6, 6.07) is 8.54. The molecule has 2 aromatic heterocycles. The molecule has 1 N–H and O–H groups in total. The minimum Gasteiger partial charge on any atom is -0.356 e. The van der Waals surface area contributed by atoms with Crippen molar-refractivity contribution < 1.29 is 4.79 Å². The van der Waals surface area contributed by atoms with Gasteiger partial charge in [0.1, 0.15) is 0 Å². The number of hydrogen-bond donors (Lipinski definition) is 1. The molecule has 1 aliphatic heterocycles. The van der Waals surface area contributed by atoms with Crippen molar-refractivity contribution in [3.05, 3.63) is 52.1 Å². The summed E-state index contributed by atoms with van der Waals surface area (Å²) in [5.74, 6) is 0.528. The second-order valence-electron chi connectivity index (χ2n) is 6.75. The Kier molecular flexibility index (Phi) is 3.88. The smallest absolute Gasteiger partial charge is 0.229 e. The lowest BCUT2D eigenvalue weighted by Gasteiger charge is -2.38. The summed E-state index contributed by atoms with van der Waals surface area (Å²) in [5, 5.41) is 3.25. The molecule has 0 saturated heterocycles. The number of thiazole rings is 1. The van der Waals surface area contributed by atoms with Crippen molar-refractivity contribution in [2.75, 3.05) is 6.54 Å². The van der Waals surface area contributed by atoms with Gasteiger partial charge in [-0.1, -0.05) is 32.0 Å². The molecule has 3 heterocycles. The van der Waals surface area contributed by atoms with Gasteiger partial charge in [-0.05, 0) is 24.0 Å². The number of nitrogens with zero attached hydrogens (tertiary/aromatic N) is 2. The average Bonchev–Trinajstić information content (AvgIpc) is 3.20. The topological polar surface area (TPSA) is 49.0 Å². The van der Waals surface area contributed by atoms with Crippen LogP contribution in [0.15, 0.2) is 35.2 Å². The van der Waals surface area contributed by atoms with Crippen LogP contribution in [0.4, 0.5) is 0 Å². The van der Waals surface area contributed by atoms with E-state index in [1.165, 1.54) is 33.5 Å². The number of aromatic amines is 1. The van der Waals surface area contributed by atoms with Crippen LogP contribution in [0.1, 0.15) is 36.8 Å². The molecule has 4 rings (SSSR count). The number of amides is 1. The zero-order valence-corrected chi connectivity index (χ0v) is 14.8. The van der Waals surface area contributed by atoms with Crippen molar-refractivity contribution in [2.24, 2.45) is 5.92 Å². The molecule has 0 aliphatic carbocycles. The third-order valence-corrected chi connectivity index (χ3v) is 5.48. The van der Waals surface area contributed by atoms with Gasteiger partial charge in [0.05, 0.1) is 23.7 Å². The molecule has 24 heavy (non-hydrogen) atoms. The molecule has 3 aromatic rings. The van der Waals surface area contributed by atoms with Crippen molar-refractivity contribution in [2.45, 2.75) is 32.7 Å². The average molecular weight is 339 g/mol. The summed E-state index contributed by atoms with van der Waals surface area (Å²) >= 11 is 1.54. The maximum absolute atomic E-state index is 12.9. The molecule has 124 valence electrons. The Morgan fingerprint density at radius 3 is 3.00 bits per heavy atom. The quantitative estimate of drug-likeness (QED) is 0.785. The molecule has 0 saturated carbocycles. The summed E-state index contributed by atoms with van der Waals surface area (Å²) in [6.07, 6.45) is 1.30. The largest absolute Gasteiger partial charge is 0.356 e. The Labute approximate surface area is 145 Å². The Balaban J connectivity index is 1.71. The number of carbonyl (C=O) groups excluding carboxylic acids is 1. The highest BCUT2D eigenvalue weighted by molar-refractivity contribution is 7.07. The molecule has 5 heteroatoms.